The molecule has 2 aromatic carbocycles. The molecule has 0 atom stereocenters. The number of nitrogens with two attached hydrogens (primary N) is 1. The van der Waals surface area contributed by atoms with Gasteiger partial charge in [-0.2, -0.15) is 0 Å². The molecule has 0 spiro atoms. The van der Waals surface area contributed by atoms with Crippen LogP contribution in [0.1, 0.15) is 12.5 Å². The molecule has 0 amide bonds. The molecule has 2 N–H and O–H groups in total. The lowest BCUT2D eigenvalue weighted by molar-refractivity contribution is 1.16. The monoisotopic (exact) mass is 205 g/mol. The van der Waals surface area contributed by atoms with Crippen molar-refractivity contribution in [2.75, 3.05) is 5.73 Å². The quantitative estimate of drug-likeness (QED) is 0.707. The summed E-state index contributed by atoms with van der Waals surface area (Å²) in [4.78, 5) is 0. The smallest absolute Gasteiger partial charge is 0.0485 e. The van der Waals surface area contributed by atoms with Crippen molar-refractivity contribution in [1.82, 2.24) is 0 Å². The van der Waals surface area contributed by atoms with Gasteiger partial charge < -0.3 is 5.73 Å². The van der Waals surface area contributed by atoms with Gasteiger partial charge in [0.05, 0.1) is 0 Å². The van der Waals surface area contributed by atoms with E-state index in [2.05, 4.69) is 13.0 Å². The van der Waals surface area contributed by atoms with Crippen LogP contribution in [-0.4, -0.2) is 0 Å². The van der Waals surface area contributed by atoms with Crippen molar-refractivity contribution < 1.29 is 0 Å². The van der Waals surface area contributed by atoms with Gasteiger partial charge in [-0.3, -0.25) is 0 Å². The summed E-state index contributed by atoms with van der Waals surface area (Å²) in [6.07, 6.45) is 0.974. The molecule has 0 aliphatic rings. The predicted octanol–water partition coefficient (Wildman–Crippen LogP) is 3.64. The van der Waals surface area contributed by atoms with Crippen molar-refractivity contribution in [3.05, 3.63) is 40.9 Å². The minimum atomic E-state index is 0.768. The summed E-state index contributed by atoms with van der Waals surface area (Å²) in [7, 11) is 0. The zero-order valence-corrected chi connectivity index (χ0v) is 8.81. The zero-order chi connectivity index (χ0) is 10.1. The highest BCUT2D eigenvalue weighted by molar-refractivity contribution is 6.35. The van der Waals surface area contributed by atoms with Crippen molar-refractivity contribution in [3.63, 3.8) is 0 Å². The molecule has 0 aliphatic carbocycles. The van der Waals surface area contributed by atoms with Crippen LogP contribution >= 0.6 is 11.6 Å². The molecule has 1 nitrogen and oxygen atoms in total. The highest BCUT2D eigenvalue weighted by atomic mass is 35.5. The molecule has 0 fully saturated rings. The molecule has 2 heteroatoms. The molecule has 2 aromatic rings. The summed E-state index contributed by atoms with van der Waals surface area (Å²) in [5.41, 5.74) is 7.84. The Labute approximate surface area is 88.5 Å². The molecule has 0 saturated carbocycles. The van der Waals surface area contributed by atoms with Crippen LogP contribution in [-0.2, 0) is 6.42 Å². The molecular formula is C12H12ClN. The number of nitrogen functional groups attached to an aromatic ring is 1. The van der Waals surface area contributed by atoms with Crippen LogP contribution in [0.2, 0.25) is 5.02 Å². The number of halogens is 1. The number of aryl methyl sites for hydroxylation is 1. The van der Waals surface area contributed by atoms with Crippen LogP contribution < -0.4 is 5.73 Å². The predicted molar refractivity (Wildman–Crippen MR) is 62.7 cm³/mol. The van der Waals surface area contributed by atoms with Crippen LogP contribution in [0, 0.1) is 0 Å². The van der Waals surface area contributed by atoms with Crippen molar-refractivity contribution in [2.45, 2.75) is 13.3 Å². The first-order valence-corrected chi connectivity index (χ1v) is 5.06. The molecule has 2 rings (SSSR count). The maximum Gasteiger partial charge on any atom is 0.0485 e. The minimum absolute atomic E-state index is 0.768. The van der Waals surface area contributed by atoms with Crippen molar-refractivity contribution in [3.8, 4) is 0 Å². The van der Waals surface area contributed by atoms with E-state index in [1.54, 1.807) is 0 Å². The Bertz CT molecular complexity index is 477. The fraction of sp³-hybridized carbons (Fsp3) is 0.167. The van der Waals surface area contributed by atoms with Crippen LogP contribution in [0.4, 0.5) is 5.69 Å². The topological polar surface area (TPSA) is 26.0 Å². The molecule has 14 heavy (non-hydrogen) atoms. The van der Waals surface area contributed by atoms with E-state index in [9.17, 15) is 0 Å². The van der Waals surface area contributed by atoms with Gasteiger partial charge in [-0.25, -0.2) is 0 Å². The Kier molecular flexibility index (Phi) is 2.34. The Morgan fingerprint density at radius 2 is 2.00 bits per heavy atom. The molecule has 0 aliphatic heterocycles. The second kappa shape index (κ2) is 3.50. The van der Waals surface area contributed by atoms with Gasteiger partial charge in [-0.1, -0.05) is 30.7 Å². The summed E-state index contributed by atoms with van der Waals surface area (Å²) in [6.45, 7) is 2.12. The summed E-state index contributed by atoms with van der Waals surface area (Å²) in [5, 5.41) is 3.02. The maximum atomic E-state index is 6.10. The van der Waals surface area contributed by atoms with E-state index < -0.39 is 0 Å². The number of benzene rings is 2. The lowest BCUT2D eigenvalue weighted by Crippen LogP contribution is -1.90. The summed E-state index contributed by atoms with van der Waals surface area (Å²) in [6, 6.07) is 9.89. The van der Waals surface area contributed by atoms with Gasteiger partial charge >= 0.3 is 0 Å². The molecule has 0 radical (unpaired) electrons. The van der Waals surface area contributed by atoms with Gasteiger partial charge in [0, 0.05) is 16.1 Å². The molecule has 0 unspecified atom stereocenters. The second-order valence-corrected chi connectivity index (χ2v) is 3.78. The number of anilines is 1. The van der Waals surface area contributed by atoms with Gasteiger partial charge in [-0.15, -0.1) is 0 Å². The Hall–Kier alpha value is -1.21. The fourth-order valence-corrected chi connectivity index (χ4v) is 1.97. The molecule has 0 saturated heterocycles. The second-order valence-electron chi connectivity index (χ2n) is 3.37. The van der Waals surface area contributed by atoms with E-state index >= 15 is 0 Å². The first-order chi connectivity index (χ1) is 6.72. The third-order valence-electron chi connectivity index (χ3n) is 2.43. The normalized spacial score (nSPS) is 10.7. The van der Waals surface area contributed by atoms with Crippen molar-refractivity contribution in [1.29, 1.82) is 0 Å². The Balaban J connectivity index is 2.87. The SMILES string of the molecule is CCc1cc(N)cc2c(Cl)cccc12. The first-order valence-electron chi connectivity index (χ1n) is 4.69. The highest BCUT2D eigenvalue weighted by Crippen LogP contribution is 2.28. The van der Waals surface area contributed by atoms with E-state index in [1.807, 2.05) is 24.3 Å². The summed E-state index contributed by atoms with van der Waals surface area (Å²) >= 11 is 6.10. The molecular weight excluding hydrogens is 194 g/mol. The van der Waals surface area contributed by atoms with Gasteiger partial charge in [0.2, 0.25) is 0 Å². The number of rotatable bonds is 1. The summed E-state index contributed by atoms with van der Waals surface area (Å²) < 4.78 is 0. The van der Waals surface area contributed by atoms with E-state index in [4.69, 9.17) is 17.3 Å². The molecule has 0 aromatic heterocycles. The minimum Gasteiger partial charge on any atom is -0.399 e. The number of fused-ring (bicyclic) bond motifs is 1. The molecule has 72 valence electrons. The van der Waals surface area contributed by atoms with Crippen molar-refractivity contribution in [2.24, 2.45) is 0 Å². The van der Waals surface area contributed by atoms with Gasteiger partial charge in [0.1, 0.15) is 0 Å². The van der Waals surface area contributed by atoms with Crippen LogP contribution in [0.3, 0.4) is 0 Å². The summed E-state index contributed by atoms with van der Waals surface area (Å²) in [5.74, 6) is 0. The standard InChI is InChI=1S/C12H12ClN/c1-2-8-6-9(14)7-11-10(8)4-3-5-12(11)13/h3-7H,2,14H2,1H3. The van der Waals surface area contributed by atoms with Gasteiger partial charge in [0.25, 0.3) is 0 Å². The van der Waals surface area contributed by atoms with Gasteiger partial charge in [0.15, 0.2) is 0 Å². The van der Waals surface area contributed by atoms with E-state index in [0.717, 1.165) is 22.5 Å². The lowest BCUT2D eigenvalue weighted by atomic mass is 10.0. The Morgan fingerprint density at radius 3 is 2.71 bits per heavy atom. The average Bonchev–Trinajstić information content (AvgIpc) is 2.18. The van der Waals surface area contributed by atoms with E-state index in [1.165, 1.54) is 10.9 Å². The fourth-order valence-electron chi connectivity index (χ4n) is 1.74. The maximum absolute atomic E-state index is 6.10. The van der Waals surface area contributed by atoms with Crippen LogP contribution in [0.25, 0.3) is 10.8 Å². The largest absolute Gasteiger partial charge is 0.399 e. The van der Waals surface area contributed by atoms with Crippen molar-refractivity contribution >= 4 is 28.1 Å². The third-order valence-corrected chi connectivity index (χ3v) is 2.76. The van der Waals surface area contributed by atoms with Crippen LogP contribution in [0.15, 0.2) is 30.3 Å². The Morgan fingerprint density at radius 1 is 1.21 bits per heavy atom. The average molecular weight is 206 g/mol. The molecule has 0 heterocycles. The first kappa shape index (κ1) is 9.35. The number of hydrogen-bond acceptors (Lipinski definition) is 1. The zero-order valence-electron chi connectivity index (χ0n) is 8.05. The molecule has 0 bridgehead atoms. The van der Waals surface area contributed by atoms with E-state index in [0.29, 0.717) is 0 Å². The lowest BCUT2D eigenvalue weighted by Gasteiger charge is -2.07. The van der Waals surface area contributed by atoms with Crippen LogP contribution in [0.5, 0.6) is 0 Å². The van der Waals surface area contributed by atoms with Gasteiger partial charge in [-0.05, 0) is 35.6 Å². The highest BCUT2D eigenvalue weighted by Gasteiger charge is 2.03. The number of hydrogen-bond donors (Lipinski definition) is 1. The third kappa shape index (κ3) is 1.44. The van der Waals surface area contributed by atoms with E-state index in [-0.39, 0.29) is 0 Å².